The fraction of sp³-hybridized carbons (Fsp3) is 1.00. The van der Waals surface area contributed by atoms with Crippen LogP contribution in [-0.2, 0) is 23.7 Å². The molecular formula is C22H42O15. The Balaban J connectivity index is 2.35. The van der Waals surface area contributed by atoms with E-state index in [1.807, 2.05) is 0 Å². The van der Waals surface area contributed by atoms with Crippen LogP contribution >= 0.6 is 0 Å². The lowest BCUT2D eigenvalue weighted by molar-refractivity contribution is -0.378. The van der Waals surface area contributed by atoms with Gasteiger partial charge in [0.25, 0.3) is 0 Å². The van der Waals surface area contributed by atoms with Crippen LogP contribution in [0.4, 0.5) is 0 Å². The van der Waals surface area contributed by atoms with E-state index in [0.717, 1.165) is 14.0 Å². The van der Waals surface area contributed by atoms with Crippen molar-refractivity contribution in [2.75, 3.05) is 26.9 Å². The molecule has 0 radical (unpaired) electrons. The van der Waals surface area contributed by atoms with Crippen LogP contribution in [0.15, 0.2) is 0 Å². The molecule has 0 spiro atoms. The lowest BCUT2D eigenvalue weighted by Gasteiger charge is -2.50. The quantitative estimate of drug-likeness (QED) is 0.103. The summed E-state index contributed by atoms with van der Waals surface area (Å²) < 4.78 is 27.4. The minimum Gasteiger partial charge on any atom is -0.394 e. The minimum atomic E-state index is -2.12. The third kappa shape index (κ3) is 6.77. The lowest BCUT2D eigenvalue weighted by Crippen LogP contribution is -2.66. The number of hydrogen-bond acceptors (Lipinski definition) is 15. The van der Waals surface area contributed by atoms with Crippen molar-refractivity contribution in [3.05, 3.63) is 0 Å². The van der Waals surface area contributed by atoms with Gasteiger partial charge in [0.2, 0.25) is 0 Å². The first-order valence-electron chi connectivity index (χ1n) is 12.0. The van der Waals surface area contributed by atoms with Gasteiger partial charge < -0.3 is 74.7 Å². The van der Waals surface area contributed by atoms with Crippen LogP contribution in [0.5, 0.6) is 0 Å². The molecule has 0 amide bonds. The molecule has 2 aliphatic rings. The summed E-state index contributed by atoms with van der Waals surface area (Å²) >= 11 is 0. The zero-order valence-electron chi connectivity index (χ0n) is 21.2. The zero-order chi connectivity index (χ0) is 28.2. The summed E-state index contributed by atoms with van der Waals surface area (Å²) in [6, 6.07) is 0. The molecule has 0 bridgehead atoms. The van der Waals surface area contributed by atoms with E-state index >= 15 is 0 Å². The first kappa shape index (κ1) is 32.6. The van der Waals surface area contributed by atoms with E-state index in [0.29, 0.717) is 0 Å². The molecule has 0 saturated carbocycles. The van der Waals surface area contributed by atoms with Crippen LogP contribution in [0.1, 0.15) is 20.8 Å². The van der Waals surface area contributed by atoms with Crippen molar-refractivity contribution < 1.29 is 74.7 Å². The maximum absolute atomic E-state index is 11.2. The Morgan fingerprint density at radius 2 is 1.38 bits per heavy atom. The highest BCUT2D eigenvalue weighted by Gasteiger charge is 2.55. The number of methoxy groups -OCH3 is 1. The summed E-state index contributed by atoms with van der Waals surface area (Å²) in [6.07, 6.45) is -19.0. The molecule has 37 heavy (non-hydrogen) atoms. The van der Waals surface area contributed by atoms with E-state index < -0.39 is 111 Å². The van der Waals surface area contributed by atoms with Gasteiger partial charge in [-0.3, -0.25) is 0 Å². The molecule has 0 aliphatic carbocycles. The molecule has 2 aliphatic heterocycles. The van der Waals surface area contributed by atoms with E-state index in [4.69, 9.17) is 23.7 Å². The van der Waals surface area contributed by atoms with Gasteiger partial charge in [0.15, 0.2) is 18.9 Å². The highest BCUT2D eigenvalue weighted by atomic mass is 16.7. The summed E-state index contributed by atoms with van der Waals surface area (Å²) in [7, 11) is 1.09. The third-order valence-corrected chi connectivity index (χ3v) is 7.12. The predicted molar refractivity (Wildman–Crippen MR) is 120 cm³/mol. The Labute approximate surface area is 214 Å². The summed E-state index contributed by atoms with van der Waals surface area (Å²) in [5, 5.41) is 102. The Bertz CT molecular complexity index is 682. The maximum atomic E-state index is 11.2. The van der Waals surface area contributed by atoms with Gasteiger partial charge in [-0.05, 0) is 12.8 Å². The molecule has 2 rings (SSSR count). The third-order valence-electron chi connectivity index (χ3n) is 7.12. The van der Waals surface area contributed by atoms with Gasteiger partial charge >= 0.3 is 0 Å². The van der Waals surface area contributed by atoms with Crippen molar-refractivity contribution in [2.45, 2.75) is 100 Å². The number of aliphatic hydroxyl groups excluding tert-OH is 10. The average molecular weight is 547 g/mol. The van der Waals surface area contributed by atoms with Crippen LogP contribution in [-0.4, -0.2) is 157 Å². The van der Waals surface area contributed by atoms with Gasteiger partial charge in [-0.15, -0.1) is 0 Å². The Kier molecular flexibility index (Phi) is 12.0. The van der Waals surface area contributed by atoms with Gasteiger partial charge in [0.05, 0.1) is 25.9 Å². The molecule has 13 unspecified atom stereocenters. The van der Waals surface area contributed by atoms with Crippen LogP contribution in [0, 0.1) is 11.8 Å². The van der Waals surface area contributed by atoms with Crippen LogP contribution < -0.4 is 0 Å². The smallest absolute Gasteiger partial charge is 0.187 e. The minimum absolute atomic E-state index is 0.391. The van der Waals surface area contributed by atoms with Gasteiger partial charge in [-0.25, -0.2) is 0 Å². The van der Waals surface area contributed by atoms with E-state index in [9.17, 15) is 51.1 Å². The standard InChI is InChI=1S/C22H42O15/c1-8(2)12-14(28)21(37-22(3,11(26)7-25)18(31)19(32)33-4)35-10(6-24)17(12)36-20-16(30)15(29)13(27)9(5-23)34-20/h8-21,23-32H,5-7H2,1-4H3/t9?,10?,11-,12?,13?,14?,15?,16?,17?,18?,19?,20?,21?,22?/m1/s1. The molecule has 220 valence electrons. The van der Waals surface area contributed by atoms with E-state index in [-0.39, 0.29) is 0 Å². The molecule has 0 aromatic carbocycles. The van der Waals surface area contributed by atoms with Crippen molar-refractivity contribution in [1.82, 2.24) is 0 Å². The highest BCUT2D eigenvalue weighted by molar-refractivity contribution is 4.98. The molecule has 15 nitrogen and oxygen atoms in total. The number of aliphatic hydroxyl groups is 10. The topological polar surface area (TPSA) is 248 Å². The zero-order valence-corrected chi connectivity index (χ0v) is 21.2. The molecule has 0 aromatic heterocycles. The van der Waals surface area contributed by atoms with Gasteiger partial charge in [0.1, 0.15) is 54.4 Å². The average Bonchev–Trinajstić information content (AvgIpc) is 2.88. The molecule has 2 fully saturated rings. The predicted octanol–water partition coefficient (Wildman–Crippen LogP) is -5.02. The Hall–Kier alpha value is -0.600. The second-order valence-corrected chi connectivity index (χ2v) is 9.91. The van der Waals surface area contributed by atoms with Crippen molar-refractivity contribution in [3.8, 4) is 0 Å². The van der Waals surface area contributed by atoms with Gasteiger partial charge in [-0.2, -0.15) is 0 Å². The highest BCUT2D eigenvalue weighted by Crippen LogP contribution is 2.38. The van der Waals surface area contributed by atoms with E-state index in [1.54, 1.807) is 13.8 Å². The maximum Gasteiger partial charge on any atom is 0.187 e. The molecule has 2 heterocycles. The van der Waals surface area contributed by atoms with Crippen LogP contribution in [0.3, 0.4) is 0 Å². The second-order valence-electron chi connectivity index (χ2n) is 9.91. The monoisotopic (exact) mass is 546 g/mol. The molecular weight excluding hydrogens is 504 g/mol. The molecule has 15 heteroatoms. The van der Waals surface area contributed by atoms with Crippen molar-refractivity contribution in [1.29, 1.82) is 0 Å². The van der Waals surface area contributed by atoms with E-state index in [1.165, 1.54) is 0 Å². The summed E-state index contributed by atoms with van der Waals surface area (Å²) in [5.41, 5.74) is -2.12. The van der Waals surface area contributed by atoms with Crippen LogP contribution in [0.25, 0.3) is 0 Å². The summed E-state index contributed by atoms with van der Waals surface area (Å²) in [5.74, 6) is -1.29. The summed E-state index contributed by atoms with van der Waals surface area (Å²) in [6.45, 7) is 2.29. The first-order chi connectivity index (χ1) is 17.3. The molecule has 2 saturated heterocycles. The SMILES string of the molecule is COC(O)C(O)C(C)(OC1OC(CO)C(OC2OC(CO)C(O)C(O)C2O)C(C(C)C)C1O)[C@H](O)CO. The lowest BCUT2D eigenvalue weighted by atomic mass is 9.80. The summed E-state index contributed by atoms with van der Waals surface area (Å²) in [4.78, 5) is 0. The molecule has 14 atom stereocenters. The number of hydrogen-bond donors (Lipinski definition) is 10. The van der Waals surface area contributed by atoms with Gasteiger partial charge in [0, 0.05) is 13.0 Å². The van der Waals surface area contributed by atoms with Crippen molar-refractivity contribution in [2.24, 2.45) is 11.8 Å². The fourth-order valence-electron chi connectivity index (χ4n) is 4.67. The van der Waals surface area contributed by atoms with Gasteiger partial charge in [-0.1, -0.05) is 13.8 Å². The Morgan fingerprint density at radius 1 is 0.811 bits per heavy atom. The van der Waals surface area contributed by atoms with Crippen molar-refractivity contribution >= 4 is 0 Å². The normalized spacial score (nSPS) is 41.3. The van der Waals surface area contributed by atoms with Crippen molar-refractivity contribution in [3.63, 3.8) is 0 Å². The fourth-order valence-corrected chi connectivity index (χ4v) is 4.67. The molecule has 0 aromatic rings. The van der Waals surface area contributed by atoms with Crippen LogP contribution in [0.2, 0.25) is 0 Å². The first-order valence-corrected chi connectivity index (χ1v) is 12.0. The number of ether oxygens (including phenoxy) is 5. The second kappa shape index (κ2) is 13.6. The molecule has 10 N–H and O–H groups in total. The van der Waals surface area contributed by atoms with E-state index in [2.05, 4.69) is 0 Å². The number of rotatable bonds is 12. The largest absolute Gasteiger partial charge is 0.394 e. The Morgan fingerprint density at radius 3 is 1.86 bits per heavy atom.